The molecule has 0 spiro atoms. The molecule has 0 saturated heterocycles. The molecule has 0 fully saturated rings. The van der Waals surface area contributed by atoms with E-state index in [2.05, 4.69) is 146 Å². The van der Waals surface area contributed by atoms with Crippen molar-refractivity contribution < 1.29 is 0 Å². The molecule has 0 amide bonds. The van der Waals surface area contributed by atoms with E-state index < -0.39 is 0 Å². The first-order valence-electron chi connectivity index (χ1n) is 16.8. The third-order valence-electron chi connectivity index (χ3n) is 9.30. The summed E-state index contributed by atoms with van der Waals surface area (Å²) in [5.74, 6) is 1.97. The Balaban J connectivity index is 1.14. The highest BCUT2D eigenvalue weighted by Gasteiger charge is 2.16. The molecule has 0 aliphatic rings. The van der Waals surface area contributed by atoms with Gasteiger partial charge >= 0.3 is 0 Å². The van der Waals surface area contributed by atoms with Gasteiger partial charge in [-0.3, -0.25) is 0 Å². The van der Waals surface area contributed by atoms with Crippen molar-refractivity contribution in [1.29, 1.82) is 0 Å². The van der Waals surface area contributed by atoms with Crippen molar-refractivity contribution in [3.63, 3.8) is 0 Å². The summed E-state index contributed by atoms with van der Waals surface area (Å²) in [6.45, 7) is 2.14. The van der Waals surface area contributed by atoms with Gasteiger partial charge in [-0.25, -0.2) is 15.0 Å². The molecule has 0 unspecified atom stereocenters. The fraction of sp³-hybridized carbons (Fsp3) is 0.0217. The highest BCUT2D eigenvalue weighted by Crippen LogP contribution is 2.42. The van der Waals surface area contributed by atoms with Crippen LogP contribution in [0.2, 0.25) is 0 Å². The lowest BCUT2D eigenvalue weighted by atomic mass is 9.96. The number of nitrogens with zero attached hydrogens (tertiary/aromatic N) is 3. The molecule has 0 radical (unpaired) electrons. The van der Waals surface area contributed by atoms with E-state index in [-0.39, 0.29) is 0 Å². The standard InChI is InChI=1S/C46H31N3S/c1-30-12-8-9-19-38(30)32-22-24-34(25-23-32)45-47-44(33-15-6-3-7-16-33)48-46(49-45)37-26-27-40-42(29-37)50-41-21-11-20-39(43(40)41)36-18-10-17-35(28-36)31-13-4-2-5-14-31/h2-29H,1H3. The summed E-state index contributed by atoms with van der Waals surface area (Å²) in [6.07, 6.45) is 0. The zero-order valence-electron chi connectivity index (χ0n) is 27.4. The molecule has 9 aromatic rings. The summed E-state index contributed by atoms with van der Waals surface area (Å²) in [7, 11) is 0. The Kier molecular flexibility index (Phi) is 7.57. The minimum absolute atomic E-state index is 0.655. The number of fused-ring (bicyclic) bond motifs is 3. The van der Waals surface area contributed by atoms with E-state index in [0.29, 0.717) is 17.5 Å². The van der Waals surface area contributed by atoms with Crippen LogP contribution in [-0.4, -0.2) is 15.0 Å². The fourth-order valence-electron chi connectivity index (χ4n) is 6.75. The molecule has 0 N–H and O–H groups in total. The average molecular weight is 658 g/mol. The van der Waals surface area contributed by atoms with Gasteiger partial charge in [-0.15, -0.1) is 11.3 Å². The molecule has 4 heteroatoms. The topological polar surface area (TPSA) is 38.7 Å². The van der Waals surface area contributed by atoms with Crippen LogP contribution in [0.15, 0.2) is 170 Å². The van der Waals surface area contributed by atoms with Gasteiger partial charge in [0.1, 0.15) is 0 Å². The minimum atomic E-state index is 0.655. The number of hydrogen-bond donors (Lipinski definition) is 0. The van der Waals surface area contributed by atoms with E-state index in [1.807, 2.05) is 41.7 Å². The first kappa shape index (κ1) is 29.9. The van der Waals surface area contributed by atoms with Crippen LogP contribution < -0.4 is 0 Å². The van der Waals surface area contributed by atoms with Crippen molar-refractivity contribution in [3.05, 3.63) is 175 Å². The normalized spacial score (nSPS) is 11.3. The quantitative estimate of drug-likeness (QED) is 0.179. The van der Waals surface area contributed by atoms with Crippen molar-refractivity contribution in [2.45, 2.75) is 6.92 Å². The lowest BCUT2D eigenvalue weighted by Crippen LogP contribution is -2.00. The predicted octanol–water partition coefficient (Wildman–Crippen LogP) is 12.5. The Bertz CT molecular complexity index is 2640. The smallest absolute Gasteiger partial charge is 0.164 e. The maximum atomic E-state index is 5.07. The SMILES string of the molecule is Cc1ccccc1-c1ccc(-c2nc(-c3ccccc3)nc(-c3ccc4c(c3)sc3cccc(-c5cccc(-c6ccccc6)c5)c34)n2)cc1. The molecule has 2 heterocycles. The summed E-state index contributed by atoms with van der Waals surface area (Å²) in [4.78, 5) is 15.1. The Morgan fingerprint density at radius 2 is 0.900 bits per heavy atom. The number of thiophene rings is 1. The molecule has 7 aromatic carbocycles. The van der Waals surface area contributed by atoms with E-state index in [1.54, 1.807) is 0 Å². The summed E-state index contributed by atoms with van der Waals surface area (Å²) in [5, 5.41) is 2.51. The van der Waals surface area contributed by atoms with Crippen LogP contribution in [0, 0.1) is 6.92 Å². The number of hydrogen-bond acceptors (Lipinski definition) is 4. The van der Waals surface area contributed by atoms with E-state index in [9.17, 15) is 0 Å². The van der Waals surface area contributed by atoms with E-state index in [0.717, 1.165) is 16.7 Å². The van der Waals surface area contributed by atoms with Gasteiger partial charge in [0.2, 0.25) is 0 Å². The molecule has 9 rings (SSSR count). The van der Waals surface area contributed by atoms with Crippen LogP contribution in [-0.2, 0) is 0 Å². The van der Waals surface area contributed by atoms with Gasteiger partial charge in [0.05, 0.1) is 0 Å². The van der Waals surface area contributed by atoms with Gasteiger partial charge in [0.15, 0.2) is 17.5 Å². The highest BCUT2D eigenvalue weighted by molar-refractivity contribution is 7.26. The first-order chi connectivity index (χ1) is 24.7. The highest BCUT2D eigenvalue weighted by atomic mass is 32.1. The van der Waals surface area contributed by atoms with Gasteiger partial charge in [-0.05, 0) is 64.1 Å². The second kappa shape index (κ2) is 12.7. The van der Waals surface area contributed by atoms with Gasteiger partial charge in [0, 0.05) is 36.9 Å². The molecule has 3 nitrogen and oxygen atoms in total. The maximum Gasteiger partial charge on any atom is 0.164 e. The van der Waals surface area contributed by atoms with Crippen LogP contribution in [0.3, 0.4) is 0 Å². The molecular weight excluding hydrogens is 627 g/mol. The second-order valence-electron chi connectivity index (χ2n) is 12.5. The van der Waals surface area contributed by atoms with Crippen molar-refractivity contribution in [1.82, 2.24) is 15.0 Å². The zero-order chi connectivity index (χ0) is 33.4. The molecule has 0 bridgehead atoms. The van der Waals surface area contributed by atoms with Gasteiger partial charge in [-0.1, -0.05) is 152 Å². The monoisotopic (exact) mass is 657 g/mol. The Hall–Kier alpha value is -6.23. The van der Waals surface area contributed by atoms with Crippen LogP contribution in [0.4, 0.5) is 0 Å². The number of aryl methyl sites for hydroxylation is 1. The fourth-order valence-corrected chi connectivity index (χ4v) is 7.92. The van der Waals surface area contributed by atoms with Crippen LogP contribution in [0.1, 0.15) is 5.56 Å². The van der Waals surface area contributed by atoms with E-state index in [4.69, 9.17) is 15.0 Å². The zero-order valence-corrected chi connectivity index (χ0v) is 28.2. The Labute approximate surface area is 295 Å². The van der Waals surface area contributed by atoms with Crippen LogP contribution in [0.5, 0.6) is 0 Å². The summed E-state index contributed by atoms with van der Waals surface area (Å²) in [6, 6.07) is 59.8. The molecule has 50 heavy (non-hydrogen) atoms. The Morgan fingerprint density at radius 1 is 0.360 bits per heavy atom. The van der Waals surface area contributed by atoms with E-state index >= 15 is 0 Å². The summed E-state index contributed by atoms with van der Waals surface area (Å²) < 4.78 is 2.46. The minimum Gasteiger partial charge on any atom is -0.208 e. The van der Waals surface area contributed by atoms with Gasteiger partial charge in [0.25, 0.3) is 0 Å². The number of rotatable bonds is 6. The van der Waals surface area contributed by atoms with Crippen LogP contribution >= 0.6 is 11.3 Å². The predicted molar refractivity (Wildman–Crippen MR) is 210 cm³/mol. The van der Waals surface area contributed by atoms with Gasteiger partial charge in [-0.2, -0.15) is 0 Å². The lowest BCUT2D eigenvalue weighted by molar-refractivity contribution is 1.07. The number of benzene rings is 7. The molecule has 0 saturated carbocycles. The Morgan fingerprint density at radius 3 is 1.64 bits per heavy atom. The largest absolute Gasteiger partial charge is 0.208 e. The maximum absolute atomic E-state index is 5.07. The molecule has 0 atom stereocenters. The first-order valence-corrected chi connectivity index (χ1v) is 17.6. The van der Waals surface area contributed by atoms with Crippen molar-refractivity contribution in [2.75, 3.05) is 0 Å². The van der Waals surface area contributed by atoms with Crippen molar-refractivity contribution in [3.8, 4) is 67.5 Å². The van der Waals surface area contributed by atoms with Gasteiger partial charge < -0.3 is 0 Å². The third kappa shape index (κ3) is 5.56. The van der Waals surface area contributed by atoms with Crippen LogP contribution in [0.25, 0.3) is 87.7 Å². The summed E-state index contributed by atoms with van der Waals surface area (Å²) in [5.41, 5.74) is 11.4. The molecule has 2 aromatic heterocycles. The molecule has 0 aliphatic carbocycles. The number of aromatic nitrogens is 3. The lowest BCUT2D eigenvalue weighted by Gasteiger charge is -2.10. The van der Waals surface area contributed by atoms with Crippen molar-refractivity contribution >= 4 is 31.5 Å². The second-order valence-corrected chi connectivity index (χ2v) is 13.6. The van der Waals surface area contributed by atoms with Crippen molar-refractivity contribution in [2.24, 2.45) is 0 Å². The summed E-state index contributed by atoms with van der Waals surface area (Å²) >= 11 is 1.81. The average Bonchev–Trinajstić information content (AvgIpc) is 3.57. The third-order valence-corrected chi connectivity index (χ3v) is 10.4. The van der Waals surface area contributed by atoms with E-state index in [1.165, 1.54) is 59.1 Å². The molecule has 0 aliphatic heterocycles. The molecule has 236 valence electrons. The molecular formula is C46H31N3S.